The van der Waals surface area contributed by atoms with E-state index < -0.39 is 6.04 Å². The van der Waals surface area contributed by atoms with Crippen LogP contribution in [0.4, 0.5) is 0 Å². The van der Waals surface area contributed by atoms with Crippen molar-refractivity contribution in [3.8, 4) is 0 Å². The van der Waals surface area contributed by atoms with Gasteiger partial charge in [-0.15, -0.1) is 0 Å². The Balaban J connectivity index is 2.61. The van der Waals surface area contributed by atoms with Gasteiger partial charge in [-0.05, 0) is 18.9 Å². The zero-order valence-electron chi connectivity index (χ0n) is 11.1. The lowest BCUT2D eigenvalue weighted by molar-refractivity contribution is -0.132. The Hall–Kier alpha value is -1.29. The van der Waals surface area contributed by atoms with Crippen molar-refractivity contribution < 1.29 is 9.21 Å². The van der Waals surface area contributed by atoms with Gasteiger partial charge in [0, 0.05) is 19.2 Å². The van der Waals surface area contributed by atoms with Crippen LogP contribution in [0.25, 0.3) is 0 Å². The summed E-state index contributed by atoms with van der Waals surface area (Å²) in [4.78, 5) is 13.7. The van der Waals surface area contributed by atoms with Crippen LogP contribution in [0.15, 0.2) is 16.7 Å². The Bertz CT molecular complexity index is 373. The second-order valence-electron chi connectivity index (χ2n) is 4.61. The molecule has 1 unspecified atom stereocenters. The molecule has 1 aromatic rings. The number of likely N-dealkylation sites (N-methyl/N-ethyl adjacent to an activating group) is 1. The Morgan fingerprint density at radius 2 is 2.24 bits per heavy atom. The summed E-state index contributed by atoms with van der Waals surface area (Å²) in [5.41, 5.74) is 6.95. The van der Waals surface area contributed by atoms with Crippen molar-refractivity contribution in [1.29, 1.82) is 0 Å². The van der Waals surface area contributed by atoms with Crippen LogP contribution in [0.5, 0.6) is 0 Å². The minimum absolute atomic E-state index is 0.0139. The van der Waals surface area contributed by atoms with Gasteiger partial charge in [0.1, 0.15) is 5.76 Å². The van der Waals surface area contributed by atoms with E-state index in [2.05, 4.69) is 0 Å². The maximum atomic E-state index is 12.1. The number of nitrogens with two attached hydrogens (primary N) is 1. The molecule has 0 radical (unpaired) electrons. The standard InChI is InChI=1S/C13H22N2O2/c1-5-9(2)12(14)13(16)15(4)8-11-6-7-17-10(11)3/h6-7,9,12H,5,8,14H2,1-4H3/t9?,12-/m0/s1. The van der Waals surface area contributed by atoms with E-state index in [1.165, 1.54) is 0 Å². The van der Waals surface area contributed by atoms with Crippen molar-refractivity contribution >= 4 is 5.91 Å². The predicted molar refractivity (Wildman–Crippen MR) is 67.3 cm³/mol. The zero-order valence-corrected chi connectivity index (χ0v) is 11.1. The van der Waals surface area contributed by atoms with Gasteiger partial charge in [0.2, 0.25) is 5.91 Å². The topological polar surface area (TPSA) is 59.5 Å². The molecule has 4 nitrogen and oxygen atoms in total. The van der Waals surface area contributed by atoms with Gasteiger partial charge in [-0.3, -0.25) is 4.79 Å². The molecule has 0 bridgehead atoms. The summed E-state index contributed by atoms with van der Waals surface area (Å²) in [5, 5.41) is 0. The van der Waals surface area contributed by atoms with E-state index in [4.69, 9.17) is 10.2 Å². The minimum Gasteiger partial charge on any atom is -0.469 e. The fourth-order valence-electron chi connectivity index (χ4n) is 1.66. The number of rotatable bonds is 5. The van der Waals surface area contributed by atoms with Crippen LogP contribution < -0.4 is 5.73 Å². The highest BCUT2D eigenvalue weighted by atomic mass is 16.3. The molecule has 17 heavy (non-hydrogen) atoms. The first-order chi connectivity index (χ1) is 7.97. The third-order valence-corrected chi connectivity index (χ3v) is 3.29. The summed E-state index contributed by atoms with van der Waals surface area (Å²) in [6, 6.07) is 1.46. The summed E-state index contributed by atoms with van der Waals surface area (Å²) < 4.78 is 5.21. The largest absolute Gasteiger partial charge is 0.469 e. The molecular weight excluding hydrogens is 216 g/mol. The normalized spacial score (nSPS) is 14.4. The molecule has 2 atom stereocenters. The van der Waals surface area contributed by atoms with E-state index in [0.29, 0.717) is 6.54 Å². The maximum Gasteiger partial charge on any atom is 0.239 e. The number of nitrogens with zero attached hydrogens (tertiary/aromatic N) is 1. The molecule has 96 valence electrons. The number of amides is 1. The number of carbonyl (C=O) groups is 1. The van der Waals surface area contributed by atoms with Crippen molar-refractivity contribution in [3.63, 3.8) is 0 Å². The molecule has 2 N–H and O–H groups in total. The predicted octanol–water partition coefficient (Wildman–Crippen LogP) is 1.92. The molecule has 1 heterocycles. The van der Waals surface area contributed by atoms with Crippen molar-refractivity contribution in [2.24, 2.45) is 11.7 Å². The van der Waals surface area contributed by atoms with Crippen molar-refractivity contribution in [2.45, 2.75) is 39.8 Å². The molecule has 0 aliphatic heterocycles. The molecule has 0 spiro atoms. The number of aryl methyl sites for hydroxylation is 1. The number of hydrogen-bond acceptors (Lipinski definition) is 3. The second kappa shape index (κ2) is 5.87. The first-order valence-electron chi connectivity index (χ1n) is 6.00. The fourth-order valence-corrected chi connectivity index (χ4v) is 1.66. The molecule has 1 aromatic heterocycles. The number of hydrogen-bond donors (Lipinski definition) is 1. The lowest BCUT2D eigenvalue weighted by Crippen LogP contribution is -2.45. The molecule has 0 saturated heterocycles. The molecule has 0 saturated carbocycles. The quantitative estimate of drug-likeness (QED) is 0.852. The first kappa shape index (κ1) is 13.8. The third kappa shape index (κ3) is 3.33. The monoisotopic (exact) mass is 238 g/mol. The van der Waals surface area contributed by atoms with Crippen LogP contribution in [-0.2, 0) is 11.3 Å². The third-order valence-electron chi connectivity index (χ3n) is 3.29. The van der Waals surface area contributed by atoms with E-state index >= 15 is 0 Å². The molecule has 0 aromatic carbocycles. The van der Waals surface area contributed by atoms with Crippen LogP contribution in [-0.4, -0.2) is 23.9 Å². The van der Waals surface area contributed by atoms with Crippen molar-refractivity contribution in [2.75, 3.05) is 7.05 Å². The number of furan rings is 1. The van der Waals surface area contributed by atoms with Gasteiger partial charge >= 0.3 is 0 Å². The lowest BCUT2D eigenvalue weighted by Gasteiger charge is -2.24. The first-order valence-corrected chi connectivity index (χ1v) is 6.00. The van der Waals surface area contributed by atoms with E-state index in [0.717, 1.165) is 17.7 Å². The van der Waals surface area contributed by atoms with Gasteiger partial charge in [-0.25, -0.2) is 0 Å². The lowest BCUT2D eigenvalue weighted by atomic mass is 9.99. The smallest absolute Gasteiger partial charge is 0.239 e. The molecular formula is C13H22N2O2. The van der Waals surface area contributed by atoms with Gasteiger partial charge < -0.3 is 15.1 Å². The van der Waals surface area contributed by atoms with Crippen LogP contribution in [0.2, 0.25) is 0 Å². The molecule has 0 aliphatic carbocycles. The van der Waals surface area contributed by atoms with E-state index in [1.807, 2.05) is 26.8 Å². The minimum atomic E-state index is -0.419. The zero-order chi connectivity index (χ0) is 13.0. The summed E-state index contributed by atoms with van der Waals surface area (Å²) in [5.74, 6) is 1.04. The van der Waals surface area contributed by atoms with Gasteiger partial charge in [0.25, 0.3) is 0 Å². The van der Waals surface area contributed by atoms with E-state index in [1.54, 1.807) is 18.2 Å². The van der Waals surface area contributed by atoms with Gasteiger partial charge in [-0.1, -0.05) is 20.3 Å². The van der Waals surface area contributed by atoms with Crippen LogP contribution in [0, 0.1) is 12.8 Å². The van der Waals surface area contributed by atoms with Crippen LogP contribution in [0.1, 0.15) is 31.6 Å². The van der Waals surface area contributed by atoms with Crippen LogP contribution >= 0.6 is 0 Å². The SMILES string of the molecule is CCC(C)[C@H](N)C(=O)N(C)Cc1ccoc1C. The Morgan fingerprint density at radius 1 is 1.59 bits per heavy atom. The van der Waals surface area contributed by atoms with E-state index in [-0.39, 0.29) is 11.8 Å². The highest BCUT2D eigenvalue weighted by molar-refractivity contribution is 5.81. The summed E-state index contributed by atoms with van der Waals surface area (Å²) in [7, 11) is 1.77. The molecule has 1 amide bonds. The van der Waals surface area contributed by atoms with Crippen LogP contribution in [0.3, 0.4) is 0 Å². The Morgan fingerprint density at radius 3 is 2.71 bits per heavy atom. The fraction of sp³-hybridized carbons (Fsp3) is 0.615. The second-order valence-corrected chi connectivity index (χ2v) is 4.61. The molecule has 0 aliphatic rings. The Labute approximate surface area is 103 Å². The molecule has 0 fully saturated rings. The highest BCUT2D eigenvalue weighted by Gasteiger charge is 2.23. The van der Waals surface area contributed by atoms with Gasteiger partial charge in [-0.2, -0.15) is 0 Å². The molecule has 1 rings (SSSR count). The number of carbonyl (C=O) groups excluding carboxylic acids is 1. The Kier molecular flexibility index (Phi) is 4.75. The van der Waals surface area contributed by atoms with Gasteiger partial charge in [0.05, 0.1) is 12.3 Å². The van der Waals surface area contributed by atoms with Crippen molar-refractivity contribution in [1.82, 2.24) is 4.90 Å². The average Bonchev–Trinajstić information content (AvgIpc) is 2.72. The highest BCUT2D eigenvalue weighted by Crippen LogP contribution is 2.13. The summed E-state index contributed by atoms with van der Waals surface area (Å²) in [6.45, 7) is 6.48. The van der Waals surface area contributed by atoms with E-state index in [9.17, 15) is 4.79 Å². The molecule has 4 heteroatoms. The average molecular weight is 238 g/mol. The van der Waals surface area contributed by atoms with Gasteiger partial charge in [0.15, 0.2) is 0 Å². The summed E-state index contributed by atoms with van der Waals surface area (Å²) in [6.07, 6.45) is 2.54. The maximum absolute atomic E-state index is 12.1. The van der Waals surface area contributed by atoms with Crippen molar-refractivity contribution in [3.05, 3.63) is 23.7 Å². The summed E-state index contributed by atoms with van der Waals surface area (Å²) >= 11 is 0.